The zero-order valence-electron chi connectivity index (χ0n) is 24.1. The predicted molar refractivity (Wildman–Crippen MR) is 148 cm³/mol. The van der Waals surface area contributed by atoms with E-state index in [4.69, 9.17) is 29.8 Å². The van der Waals surface area contributed by atoms with Gasteiger partial charge in [0.15, 0.2) is 4.75 Å². The van der Waals surface area contributed by atoms with Gasteiger partial charge in [0, 0.05) is 0 Å². The van der Waals surface area contributed by atoms with E-state index < -0.39 is 20.8 Å². The SMILES string of the molecule is CCCCCCCCCCCCCCCCC(CC)(C(=O)O)S(=O)(=O)O.OCCON(OCCO)OCCO. The molecule has 0 rings (SSSR count). The third-order valence-corrected chi connectivity index (χ3v) is 7.91. The first-order chi connectivity index (χ1) is 18.7. The number of rotatable bonds is 27. The van der Waals surface area contributed by atoms with Gasteiger partial charge in [0.2, 0.25) is 0 Å². The second-order valence-electron chi connectivity index (χ2n) is 9.37. The predicted octanol–water partition coefficient (Wildman–Crippen LogP) is 4.04. The Bertz CT molecular complexity index is 633. The van der Waals surface area contributed by atoms with Crippen LogP contribution < -0.4 is 0 Å². The highest BCUT2D eigenvalue weighted by Gasteiger charge is 2.48. The van der Waals surface area contributed by atoms with Gasteiger partial charge in [-0.25, -0.2) is 14.5 Å². The first-order valence-electron chi connectivity index (χ1n) is 14.4. The number of nitrogens with zero attached hydrogens (tertiary/aromatic N) is 1. The van der Waals surface area contributed by atoms with Crippen LogP contribution in [0.25, 0.3) is 0 Å². The fourth-order valence-corrected chi connectivity index (χ4v) is 4.91. The monoisotopic (exact) mass is 589 g/mol. The summed E-state index contributed by atoms with van der Waals surface area (Å²) in [5.41, 5.74) is 0. The topological polar surface area (TPSA) is 183 Å². The van der Waals surface area contributed by atoms with Crippen LogP contribution in [0.1, 0.15) is 117 Å². The Balaban J connectivity index is 0. The van der Waals surface area contributed by atoms with Crippen LogP contribution in [0, 0.1) is 0 Å². The fourth-order valence-electron chi connectivity index (χ4n) is 3.92. The van der Waals surface area contributed by atoms with Crippen molar-refractivity contribution in [2.75, 3.05) is 39.6 Å². The van der Waals surface area contributed by atoms with Crippen molar-refractivity contribution < 1.29 is 52.7 Å². The standard InChI is InChI=1S/C20H40O5S.C6H15NO6/c1-3-5-6-7-8-9-10-11-12-13-14-15-16-17-18-20(4-2,19(21)22)26(23,24)25;8-1-4-11-7(12-5-2-9)13-6-3-10/h3-18H2,1-2H3,(H,21,22)(H,23,24,25);8-10H,1-6H2. The number of aliphatic hydroxyl groups is 3. The van der Waals surface area contributed by atoms with Gasteiger partial charge in [-0.1, -0.05) is 104 Å². The van der Waals surface area contributed by atoms with E-state index in [1.165, 1.54) is 71.1 Å². The number of hydrogen-bond acceptors (Lipinski definition) is 10. The van der Waals surface area contributed by atoms with Gasteiger partial charge in [-0.05, 0) is 12.8 Å². The molecule has 0 saturated heterocycles. The molecule has 39 heavy (non-hydrogen) atoms. The summed E-state index contributed by atoms with van der Waals surface area (Å²) in [5, 5.41) is 35.1. The molecule has 0 aliphatic heterocycles. The molecule has 0 radical (unpaired) electrons. The van der Waals surface area contributed by atoms with Crippen LogP contribution in [0.2, 0.25) is 0 Å². The summed E-state index contributed by atoms with van der Waals surface area (Å²) < 4.78 is 30.2. The quantitative estimate of drug-likeness (QED) is 0.0527. The van der Waals surface area contributed by atoms with E-state index in [0.717, 1.165) is 19.3 Å². The molecule has 0 amide bonds. The van der Waals surface area contributed by atoms with Crippen molar-refractivity contribution in [1.82, 2.24) is 5.39 Å². The molecule has 0 heterocycles. The van der Waals surface area contributed by atoms with E-state index in [9.17, 15) is 22.9 Å². The summed E-state index contributed by atoms with van der Waals surface area (Å²) >= 11 is 0. The van der Waals surface area contributed by atoms with Crippen LogP contribution in [0.5, 0.6) is 0 Å². The zero-order valence-corrected chi connectivity index (χ0v) is 24.9. The van der Waals surface area contributed by atoms with E-state index in [-0.39, 0.29) is 52.5 Å². The minimum atomic E-state index is -4.59. The van der Waals surface area contributed by atoms with Gasteiger partial charge >= 0.3 is 5.97 Å². The van der Waals surface area contributed by atoms with Gasteiger partial charge < -0.3 is 20.4 Å². The summed E-state index contributed by atoms with van der Waals surface area (Å²) in [4.78, 5) is 25.5. The van der Waals surface area contributed by atoms with Crippen molar-refractivity contribution in [3.8, 4) is 0 Å². The second kappa shape index (κ2) is 27.3. The molecule has 0 spiro atoms. The maximum absolute atomic E-state index is 11.5. The summed E-state index contributed by atoms with van der Waals surface area (Å²) in [6, 6.07) is 0. The molecule has 0 bridgehead atoms. The lowest BCUT2D eigenvalue weighted by atomic mass is 9.96. The fraction of sp³-hybridized carbons (Fsp3) is 0.962. The van der Waals surface area contributed by atoms with Gasteiger partial charge in [0.1, 0.15) is 0 Å². The Morgan fingerprint density at radius 1 is 0.667 bits per heavy atom. The lowest BCUT2D eigenvalue weighted by Gasteiger charge is -2.24. The van der Waals surface area contributed by atoms with E-state index in [2.05, 4.69) is 6.92 Å². The second-order valence-corrected chi connectivity index (χ2v) is 11.1. The minimum Gasteiger partial charge on any atom is -0.480 e. The van der Waals surface area contributed by atoms with E-state index >= 15 is 0 Å². The lowest BCUT2D eigenvalue weighted by Crippen LogP contribution is -2.45. The first kappa shape index (κ1) is 40.2. The summed E-state index contributed by atoms with van der Waals surface area (Å²) in [6.45, 7) is 3.22. The van der Waals surface area contributed by atoms with Crippen LogP contribution in [-0.2, 0) is 29.4 Å². The Hall–Kier alpha value is -0.900. The van der Waals surface area contributed by atoms with Crippen LogP contribution in [-0.4, -0.2) is 89.1 Å². The number of hydrogen-bond donors (Lipinski definition) is 5. The molecule has 0 aromatic carbocycles. The van der Waals surface area contributed by atoms with Crippen LogP contribution in [0.4, 0.5) is 0 Å². The highest BCUT2D eigenvalue weighted by atomic mass is 32.2. The van der Waals surface area contributed by atoms with Gasteiger partial charge in [0.25, 0.3) is 10.1 Å². The minimum absolute atomic E-state index is 0.0108. The molecule has 13 heteroatoms. The molecule has 1 unspecified atom stereocenters. The highest BCUT2D eigenvalue weighted by molar-refractivity contribution is 7.88. The Labute approximate surface area is 235 Å². The number of aliphatic hydroxyl groups excluding tert-OH is 3. The molecule has 0 fully saturated rings. The van der Waals surface area contributed by atoms with Gasteiger partial charge in [-0.2, -0.15) is 8.42 Å². The molecule has 236 valence electrons. The van der Waals surface area contributed by atoms with Crippen molar-refractivity contribution in [2.45, 2.75) is 121 Å². The normalized spacial score (nSPS) is 13.2. The number of carboxylic acids is 1. The molecular weight excluding hydrogens is 534 g/mol. The molecule has 0 aromatic heterocycles. The van der Waals surface area contributed by atoms with Crippen LogP contribution >= 0.6 is 0 Å². The zero-order chi connectivity index (χ0) is 29.8. The molecule has 1 atom stereocenters. The molecule has 0 aliphatic carbocycles. The number of carbonyl (C=O) groups is 1. The smallest absolute Gasteiger partial charge is 0.327 e. The summed E-state index contributed by atoms with van der Waals surface area (Å²) in [7, 11) is -4.59. The molecular formula is C26H55NO11S. The van der Waals surface area contributed by atoms with E-state index in [0.29, 0.717) is 11.8 Å². The van der Waals surface area contributed by atoms with Crippen LogP contribution in [0.3, 0.4) is 0 Å². The number of carboxylic acid groups (broad SMARTS) is 1. The van der Waals surface area contributed by atoms with Gasteiger partial charge in [-0.3, -0.25) is 9.35 Å². The van der Waals surface area contributed by atoms with E-state index in [1.807, 2.05) is 0 Å². The van der Waals surface area contributed by atoms with Gasteiger partial charge in [-0.15, -0.1) is 0 Å². The van der Waals surface area contributed by atoms with Crippen molar-refractivity contribution >= 4 is 16.1 Å². The third kappa shape index (κ3) is 21.5. The van der Waals surface area contributed by atoms with Crippen molar-refractivity contribution in [2.24, 2.45) is 0 Å². The largest absolute Gasteiger partial charge is 0.480 e. The molecule has 5 N–H and O–H groups in total. The molecule has 0 aromatic rings. The molecule has 0 aliphatic rings. The maximum atomic E-state index is 11.5. The first-order valence-corrected chi connectivity index (χ1v) is 15.8. The highest BCUT2D eigenvalue weighted by Crippen LogP contribution is 2.28. The van der Waals surface area contributed by atoms with Crippen molar-refractivity contribution in [3.05, 3.63) is 0 Å². The Kier molecular flexibility index (Phi) is 28.1. The van der Waals surface area contributed by atoms with Crippen molar-refractivity contribution in [3.63, 3.8) is 0 Å². The summed E-state index contributed by atoms with van der Waals surface area (Å²) in [5.74, 6) is -1.45. The maximum Gasteiger partial charge on any atom is 0.327 e. The molecule has 12 nitrogen and oxygen atoms in total. The van der Waals surface area contributed by atoms with Crippen molar-refractivity contribution in [1.29, 1.82) is 0 Å². The van der Waals surface area contributed by atoms with Crippen LogP contribution in [0.15, 0.2) is 0 Å². The average Bonchev–Trinajstić information content (AvgIpc) is 2.90. The number of unbranched alkanes of at least 4 members (excludes halogenated alkanes) is 13. The molecule has 0 saturated carbocycles. The average molecular weight is 590 g/mol. The Morgan fingerprint density at radius 3 is 1.26 bits per heavy atom. The Morgan fingerprint density at radius 2 is 1.00 bits per heavy atom. The third-order valence-electron chi connectivity index (χ3n) is 6.25. The lowest BCUT2D eigenvalue weighted by molar-refractivity contribution is -0.527. The van der Waals surface area contributed by atoms with E-state index in [1.54, 1.807) is 0 Å². The summed E-state index contributed by atoms with van der Waals surface area (Å²) in [6.07, 6.45) is 16.4. The number of aliphatic carboxylic acids is 1. The van der Waals surface area contributed by atoms with Gasteiger partial charge in [0.05, 0.1) is 45.0 Å².